The van der Waals surface area contributed by atoms with Crippen LogP contribution in [0.4, 0.5) is 4.39 Å². The molecule has 3 heterocycles. The first-order chi connectivity index (χ1) is 17.8. The van der Waals surface area contributed by atoms with E-state index in [-0.39, 0.29) is 23.3 Å². The van der Waals surface area contributed by atoms with E-state index in [4.69, 9.17) is 10.8 Å². The zero-order chi connectivity index (χ0) is 26.3. The molecule has 4 aromatic rings. The van der Waals surface area contributed by atoms with E-state index in [1.54, 1.807) is 36.5 Å². The van der Waals surface area contributed by atoms with Crippen LogP contribution in [0.3, 0.4) is 0 Å². The van der Waals surface area contributed by atoms with Crippen LogP contribution in [0.25, 0.3) is 21.3 Å². The average molecular weight is 583 g/mol. The molecule has 3 N–H and O–H groups in total. The molecule has 0 unspecified atom stereocenters. The molecule has 1 amide bonds. The number of fused-ring (bicyclic) bond motifs is 2. The van der Waals surface area contributed by atoms with Crippen molar-refractivity contribution in [3.05, 3.63) is 81.3 Å². The van der Waals surface area contributed by atoms with Crippen molar-refractivity contribution in [3.63, 3.8) is 0 Å². The summed E-state index contributed by atoms with van der Waals surface area (Å²) in [6.07, 6.45) is 3.66. The Balaban J connectivity index is 0.000000182. The normalized spacial score (nSPS) is 19.8. The predicted molar refractivity (Wildman–Crippen MR) is 144 cm³/mol. The number of carboxylic acid groups (broad SMARTS) is 1. The van der Waals surface area contributed by atoms with Crippen LogP contribution in [-0.4, -0.2) is 50.5 Å². The highest BCUT2D eigenvalue weighted by atomic mass is 79.9. The number of aromatic carboxylic acids is 1. The number of aromatic nitrogens is 2. The number of carbonyl (C=O) groups excluding carboxylic acids is 1. The van der Waals surface area contributed by atoms with Crippen molar-refractivity contribution < 1.29 is 19.1 Å². The molecular formula is C27H24BrFN4O3S. The van der Waals surface area contributed by atoms with Crippen molar-refractivity contribution >= 4 is 50.0 Å². The predicted octanol–water partition coefficient (Wildman–Crippen LogP) is 5.51. The van der Waals surface area contributed by atoms with Gasteiger partial charge in [-0.25, -0.2) is 14.2 Å². The fraction of sp³-hybridized carbons (Fsp3) is 0.259. The number of para-hydroxylation sites is 1. The zero-order valence-corrected chi connectivity index (χ0v) is 22.3. The van der Waals surface area contributed by atoms with Gasteiger partial charge in [0.05, 0.1) is 25.4 Å². The van der Waals surface area contributed by atoms with Gasteiger partial charge in [0, 0.05) is 30.2 Å². The average Bonchev–Trinajstić information content (AvgIpc) is 3.38. The topological polar surface area (TPSA) is 109 Å². The number of halogens is 2. The van der Waals surface area contributed by atoms with E-state index in [1.165, 1.54) is 17.4 Å². The summed E-state index contributed by atoms with van der Waals surface area (Å²) in [5.74, 6) is -0.707. The van der Waals surface area contributed by atoms with Crippen LogP contribution in [0.1, 0.15) is 38.7 Å². The van der Waals surface area contributed by atoms with Gasteiger partial charge in [-0.2, -0.15) is 0 Å². The molecule has 0 bridgehead atoms. The molecule has 2 aromatic carbocycles. The van der Waals surface area contributed by atoms with Gasteiger partial charge in [0.1, 0.15) is 11.5 Å². The maximum absolute atomic E-state index is 13.5. The van der Waals surface area contributed by atoms with Gasteiger partial charge in [-0.05, 0) is 71.4 Å². The van der Waals surface area contributed by atoms with Crippen LogP contribution in [-0.2, 0) is 0 Å². The highest BCUT2D eigenvalue weighted by Gasteiger charge is 2.54. The molecule has 0 radical (unpaired) electrons. The van der Waals surface area contributed by atoms with E-state index in [0.717, 1.165) is 33.7 Å². The van der Waals surface area contributed by atoms with Gasteiger partial charge in [-0.15, -0.1) is 11.3 Å². The van der Waals surface area contributed by atoms with Crippen molar-refractivity contribution in [2.24, 2.45) is 11.7 Å². The number of carbonyl (C=O) groups is 2. The Hall–Kier alpha value is -3.21. The maximum Gasteiger partial charge on any atom is 0.337 e. The smallest absolute Gasteiger partial charge is 0.337 e. The van der Waals surface area contributed by atoms with Gasteiger partial charge in [0.15, 0.2) is 0 Å². The Labute approximate surface area is 225 Å². The third-order valence-corrected chi connectivity index (χ3v) is 8.33. The number of benzene rings is 2. The van der Waals surface area contributed by atoms with Crippen LogP contribution in [0.5, 0.6) is 0 Å². The molecule has 6 rings (SSSR count). The molecule has 1 saturated carbocycles. The fourth-order valence-corrected chi connectivity index (χ4v) is 6.18. The Morgan fingerprint density at radius 3 is 2.73 bits per heavy atom. The first-order valence-corrected chi connectivity index (χ1v) is 13.4. The lowest BCUT2D eigenvalue weighted by Gasteiger charge is -2.26. The van der Waals surface area contributed by atoms with Crippen LogP contribution in [0.2, 0.25) is 0 Å². The van der Waals surface area contributed by atoms with E-state index in [1.807, 2.05) is 24.0 Å². The van der Waals surface area contributed by atoms with Gasteiger partial charge < -0.3 is 15.7 Å². The molecule has 1 saturated heterocycles. The summed E-state index contributed by atoms with van der Waals surface area (Å²) < 4.78 is 13.9. The number of hydrogen-bond donors (Lipinski definition) is 2. The number of nitrogens with two attached hydrogens (primary N) is 1. The van der Waals surface area contributed by atoms with Crippen LogP contribution < -0.4 is 5.73 Å². The molecule has 2 fully saturated rings. The molecule has 1 aliphatic heterocycles. The highest BCUT2D eigenvalue weighted by Crippen LogP contribution is 2.48. The first kappa shape index (κ1) is 25.4. The molecule has 3 atom stereocenters. The summed E-state index contributed by atoms with van der Waals surface area (Å²) in [6.45, 7) is 2.37. The lowest BCUT2D eigenvalue weighted by molar-refractivity contribution is 0.0690. The second-order valence-corrected chi connectivity index (χ2v) is 11.2. The van der Waals surface area contributed by atoms with Crippen LogP contribution >= 0.6 is 27.3 Å². The monoisotopic (exact) mass is 582 g/mol. The number of hydrogen-bond acceptors (Lipinski definition) is 6. The van der Waals surface area contributed by atoms with Crippen LogP contribution in [0, 0.1) is 18.7 Å². The van der Waals surface area contributed by atoms with E-state index in [9.17, 15) is 14.0 Å². The number of piperidine rings is 1. The zero-order valence-electron chi connectivity index (χ0n) is 19.9. The quantitative estimate of drug-likeness (QED) is 0.328. The first-order valence-electron chi connectivity index (χ1n) is 11.8. The molecule has 2 aliphatic rings. The van der Waals surface area contributed by atoms with Gasteiger partial charge in [0.2, 0.25) is 0 Å². The van der Waals surface area contributed by atoms with Gasteiger partial charge in [0.25, 0.3) is 5.91 Å². The minimum absolute atomic E-state index is 0.0461. The Kier molecular flexibility index (Phi) is 7.06. The summed E-state index contributed by atoms with van der Waals surface area (Å²) in [4.78, 5) is 35.1. The third kappa shape index (κ3) is 5.01. The maximum atomic E-state index is 13.5. The largest absolute Gasteiger partial charge is 0.478 e. The summed E-state index contributed by atoms with van der Waals surface area (Å²) in [7, 11) is 0. The van der Waals surface area contributed by atoms with Crippen molar-refractivity contribution in [2.75, 3.05) is 6.54 Å². The van der Waals surface area contributed by atoms with Gasteiger partial charge >= 0.3 is 5.97 Å². The second kappa shape index (κ2) is 10.3. The van der Waals surface area contributed by atoms with Gasteiger partial charge in [-0.1, -0.05) is 24.3 Å². The molecule has 0 spiro atoms. The highest BCUT2D eigenvalue weighted by molar-refractivity contribution is 9.10. The number of thiazole rings is 1. The van der Waals surface area contributed by atoms with Crippen molar-refractivity contribution in [1.82, 2.24) is 14.9 Å². The molecular weight excluding hydrogens is 559 g/mol. The molecule has 1 aliphatic carbocycles. The number of aryl methyl sites for hydroxylation is 1. The number of likely N-dealkylation sites (tertiary alicyclic amines) is 1. The summed E-state index contributed by atoms with van der Waals surface area (Å²) >= 11 is 4.67. The second-order valence-electron chi connectivity index (χ2n) is 9.13. The van der Waals surface area contributed by atoms with Crippen molar-refractivity contribution in [2.45, 2.75) is 31.8 Å². The molecule has 37 heavy (non-hydrogen) atoms. The number of rotatable bonds is 4. The van der Waals surface area contributed by atoms with Crippen molar-refractivity contribution in [3.8, 4) is 10.4 Å². The number of pyridine rings is 1. The van der Waals surface area contributed by atoms with E-state index in [0.29, 0.717) is 34.2 Å². The standard InChI is InChI=1S/C17H17BrFN3OS.C10H7NO2/c1-8-21-15(16(24-8)9-2-3-13(19)12(18)5-9)17(23)22-11(7-20)4-10-6-14(10)22;12-10(13)8-5-1-3-7-4-2-6-11-9(7)8/h2-3,5,10-11,14H,4,6-7,20H2,1H3;1-6H,(H,12,13)/t10-,11+,14+;/m1./s1. The van der Waals surface area contributed by atoms with E-state index in [2.05, 4.69) is 25.9 Å². The molecule has 7 nitrogen and oxygen atoms in total. The SMILES string of the molecule is Cc1nc(C(=O)N2[C@H](CN)C[C@@H]3C[C@@H]32)c(-c2ccc(F)c(Br)c2)s1.O=C(O)c1cccc2cccnc12. The fourth-order valence-electron chi connectivity index (χ4n) is 4.89. The Bertz CT molecular complexity index is 1510. The molecule has 2 aromatic heterocycles. The lowest BCUT2D eigenvalue weighted by atomic mass is 10.1. The number of carboxylic acids is 1. The van der Waals surface area contributed by atoms with E-state index >= 15 is 0 Å². The Morgan fingerprint density at radius 2 is 2.00 bits per heavy atom. The van der Waals surface area contributed by atoms with Crippen molar-refractivity contribution in [1.29, 1.82) is 0 Å². The summed E-state index contributed by atoms with van der Waals surface area (Å²) in [6, 6.07) is 14.0. The van der Waals surface area contributed by atoms with Gasteiger partial charge in [-0.3, -0.25) is 9.78 Å². The third-order valence-electron chi connectivity index (χ3n) is 6.70. The minimum Gasteiger partial charge on any atom is -0.478 e. The Morgan fingerprint density at radius 1 is 1.22 bits per heavy atom. The minimum atomic E-state index is -0.940. The number of amides is 1. The lowest BCUT2D eigenvalue weighted by Crippen LogP contribution is -2.42. The van der Waals surface area contributed by atoms with Crippen LogP contribution in [0.15, 0.2) is 59.2 Å². The van der Waals surface area contributed by atoms with E-state index < -0.39 is 5.97 Å². The number of nitrogens with zero attached hydrogens (tertiary/aromatic N) is 3. The summed E-state index contributed by atoms with van der Waals surface area (Å²) in [5.41, 5.74) is 7.90. The molecule has 10 heteroatoms. The molecule has 190 valence electrons. The summed E-state index contributed by atoms with van der Waals surface area (Å²) in [5, 5.41) is 10.5.